The quantitative estimate of drug-likeness (QED) is 0.580. The van der Waals surface area contributed by atoms with Crippen LogP contribution < -0.4 is 16.0 Å². The van der Waals surface area contributed by atoms with Crippen molar-refractivity contribution in [1.29, 1.82) is 0 Å². The summed E-state index contributed by atoms with van der Waals surface area (Å²) in [5.74, 6) is 0.771. The first kappa shape index (κ1) is 18.9. The Bertz CT molecular complexity index is 495. The maximum Gasteiger partial charge on any atom is 0.239 e. The van der Waals surface area contributed by atoms with Gasteiger partial charge in [0.15, 0.2) is 5.88 Å². The van der Waals surface area contributed by atoms with Gasteiger partial charge in [0.1, 0.15) is 6.61 Å². The van der Waals surface area contributed by atoms with Gasteiger partial charge in [0.25, 0.3) is 0 Å². The molecule has 1 aromatic carbocycles. The van der Waals surface area contributed by atoms with Gasteiger partial charge < -0.3 is 20.7 Å². The number of hydrogen-bond acceptors (Lipinski definition) is 4. The van der Waals surface area contributed by atoms with Crippen LogP contribution in [0.3, 0.4) is 0 Å². The van der Waals surface area contributed by atoms with Crippen LogP contribution in [0.2, 0.25) is 0 Å². The predicted octanol–water partition coefficient (Wildman–Crippen LogP) is 2.86. The number of hydrogen-bond donors (Lipinski definition) is 3. The minimum Gasteiger partial charge on any atom is -0.475 e. The molecular formula is C18H29N3O2. The standard InChI is InChI=1S/C18H29N3O2/c1-13(2)10-20-18(22)11-19-15(5)23-12-16-6-8-17(9-7-16)21-14(3)4/h6-9,13-14,19,21H,5,10-12H2,1-4H3,(H,20,22). The molecule has 0 aliphatic carbocycles. The van der Waals surface area contributed by atoms with Gasteiger partial charge in [0.2, 0.25) is 5.91 Å². The van der Waals surface area contributed by atoms with Gasteiger partial charge in [-0.25, -0.2) is 0 Å². The molecule has 0 aromatic heterocycles. The van der Waals surface area contributed by atoms with E-state index in [1.807, 2.05) is 24.3 Å². The summed E-state index contributed by atoms with van der Waals surface area (Å²) in [7, 11) is 0. The third-order valence-corrected chi connectivity index (χ3v) is 2.98. The summed E-state index contributed by atoms with van der Waals surface area (Å²) < 4.78 is 5.52. The fraction of sp³-hybridized carbons (Fsp3) is 0.500. The number of rotatable bonds is 10. The van der Waals surface area contributed by atoms with Crippen LogP contribution in [0.5, 0.6) is 0 Å². The number of nitrogens with one attached hydrogen (secondary N) is 3. The van der Waals surface area contributed by atoms with Crippen molar-refractivity contribution in [2.24, 2.45) is 5.92 Å². The Labute approximate surface area is 139 Å². The number of carbonyl (C=O) groups is 1. The van der Waals surface area contributed by atoms with Gasteiger partial charge in [-0.1, -0.05) is 26.0 Å². The van der Waals surface area contributed by atoms with Crippen LogP contribution in [0, 0.1) is 5.92 Å². The van der Waals surface area contributed by atoms with E-state index < -0.39 is 0 Å². The molecule has 1 rings (SSSR count). The van der Waals surface area contributed by atoms with E-state index in [1.54, 1.807) is 0 Å². The Balaban J connectivity index is 2.26. The van der Waals surface area contributed by atoms with Gasteiger partial charge in [-0.2, -0.15) is 0 Å². The third-order valence-electron chi connectivity index (χ3n) is 2.98. The maximum atomic E-state index is 11.6. The summed E-state index contributed by atoms with van der Waals surface area (Å²) in [4.78, 5) is 11.6. The van der Waals surface area contributed by atoms with E-state index >= 15 is 0 Å². The van der Waals surface area contributed by atoms with Crippen molar-refractivity contribution in [3.63, 3.8) is 0 Å². The molecule has 23 heavy (non-hydrogen) atoms. The molecule has 1 amide bonds. The van der Waals surface area contributed by atoms with E-state index in [2.05, 4.69) is 50.2 Å². The first-order valence-corrected chi connectivity index (χ1v) is 8.04. The Morgan fingerprint density at radius 3 is 2.35 bits per heavy atom. The van der Waals surface area contributed by atoms with Crippen LogP contribution >= 0.6 is 0 Å². The zero-order chi connectivity index (χ0) is 17.2. The van der Waals surface area contributed by atoms with Gasteiger partial charge >= 0.3 is 0 Å². The van der Waals surface area contributed by atoms with E-state index in [0.29, 0.717) is 31.0 Å². The number of benzene rings is 1. The molecule has 0 atom stereocenters. The van der Waals surface area contributed by atoms with Crippen molar-refractivity contribution in [3.05, 3.63) is 42.3 Å². The molecule has 0 saturated carbocycles. The first-order chi connectivity index (χ1) is 10.9. The van der Waals surface area contributed by atoms with Crippen molar-refractivity contribution in [2.45, 2.75) is 40.3 Å². The largest absolute Gasteiger partial charge is 0.475 e. The molecular weight excluding hydrogens is 290 g/mol. The highest BCUT2D eigenvalue weighted by molar-refractivity contribution is 5.78. The Morgan fingerprint density at radius 2 is 1.78 bits per heavy atom. The lowest BCUT2D eigenvalue weighted by atomic mass is 10.2. The number of anilines is 1. The van der Waals surface area contributed by atoms with Gasteiger partial charge in [0.05, 0.1) is 6.54 Å². The monoisotopic (exact) mass is 319 g/mol. The van der Waals surface area contributed by atoms with Crippen LogP contribution in [-0.4, -0.2) is 25.0 Å². The Kier molecular flexibility index (Phi) is 8.02. The van der Waals surface area contributed by atoms with Crippen LogP contribution in [0.1, 0.15) is 33.3 Å². The molecule has 0 aliphatic heterocycles. The second-order valence-corrected chi connectivity index (χ2v) is 6.26. The maximum absolute atomic E-state index is 11.6. The minimum atomic E-state index is -0.0624. The Morgan fingerprint density at radius 1 is 1.13 bits per heavy atom. The summed E-state index contributed by atoms with van der Waals surface area (Å²) in [5, 5.41) is 9.03. The van der Waals surface area contributed by atoms with E-state index in [1.165, 1.54) is 0 Å². The Hall–Kier alpha value is -2.17. The smallest absolute Gasteiger partial charge is 0.239 e. The molecule has 0 spiro atoms. The first-order valence-electron chi connectivity index (χ1n) is 8.04. The highest BCUT2D eigenvalue weighted by Crippen LogP contribution is 2.12. The average Bonchev–Trinajstić information content (AvgIpc) is 2.49. The average molecular weight is 319 g/mol. The van der Waals surface area contributed by atoms with Crippen molar-refractivity contribution in [3.8, 4) is 0 Å². The van der Waals surface area contributed by atoms with Gasteiger partial charge in [-0.15, -0.1) is 0 Å². The summed E-state index contributed by atoms with van der Waals surface area (Å²) in [6.45, 7) is 13.3. The van der Waals surface area contributed by atoms with Gasteiger partial charge in [-0.3, -0.25) is 4.79 Å². The molecule has 0 unspecified atom stereocenters. The normalized spacial score (nSPS) is 10.5. The number of carbonyl (C=O) groups excluding carboxylic acids is 1. The lowest BCUT2D eigenvalue weighted by molar-refractivity contribution is -0.120. The van der Waals surface area contributed by atoms with Crippen LogP contribution in [-0.2, 0) is 16.1 Å². The molecule has 5 nitrogen and oxygen atoms in total. The molecule has 0 radical (unpaired) electrons. The van der Waals surface area contributed by atoms with Gasteiger partial charge in [-0.05, 0) is 44.0 Å². The van der Waals surface area contributed by atoms with Crippen LogP contribution in [0.15, 0.2) is 36.7 Å². The predicted molar refractivity (Wildman–Crippen MR) is 95.0 cm³/mol. The summed E-state index contributed by atoms with van der Waals surface area (Å²) >= 11 is 0. The fourth-order valence-corrected chi connectivity index (χ4v) is 1.81. The molecule has 1 aromatic rings. The molecule has 5 heteroatoms. The molecule has 128 valence electrons. The lowest BCUT2D eigenvalue weighted by Gasteiger charge is -2.13. The van der Waals surface area contributed by atoms with Gasteiger partial charge in [0, 0.05) is 18.3 Å². The fourth-order valence-electron chi connectivity index (χ4n) is 1.81. The lowest BCUT2D eigenvalue weighted by Crippen LogP contribution is -2.35. The molecule has 0 saturated heterocycles. The molecule has 0 aliphatic rings. The highest BCUT2D eigenvalue weighted by atomic mass is 16.5. The molecule has 0 bridgehead atoms. The highest BCUT2D eigenvalue weighted by Gasteiger charge is 2.03. The topological polar surface area (TPSA) is 62.4 Å². The molecule has 0 heterocycles. The minimum absolute atomic E-state index is 0.0624. The van der Waals surface area contributed by atoms with Crippen molar-refractivity contribution < 1.29 is 9.53 Å². The van der Waals surface area contributed by atoms with Crippen LogP contribution in [0.4, 0.5) is 5.69 Å². The van der Waals surface area contributed by atoms with E-state index in [4.69, 9.17) is 4.74 Å². The zero-order valence-corrected chi connectivity index (χ0v) is 14.6. The van der Waals surface area contributed by atoms with E-state index in [0.717, 1.165) is 11.3 Å². The second-order valence-electron chi connectivity index (χ2n) is 6.26. The SMILES string of the molecule is C=C(NCC(=O)NCC(C)C)OCc1ccc(NC(C)C)cc1. The summed E-state index contributed by atoms with van der Waals surface area (Å²) in [6.07, 6.45) is 0. The second kappa shape index (κ2) is 9.77. The molecule has 0 fully saturated rings. The number of ether oxygens (including phenoxy) is 1. The zero-order valence-electron chi connectivity index (χ0n) is 14.6. The van der Waals surface area contributed by atoms with Crippen molar-refractivity contribution in [1.82, 2.24) is 10.6 Å². The third kappa shape index (κ3) is 8.76. The van der Waals surface area contributed by atoms with Crippen molar-refractivity contribution >= 4 is 11.6 Å². The van der Waals surface area contributed by atoms with Crippen molar-refractivity contribution in [2.75, 3.05) is 18.4 Å². The molecule has 3 N–H and O–H groups in total. The summed E-state index contributed by atoms with van der Waals surface area (Å²) in [6, 6.07) is 8.46. The number of amides is 1. The van der Waals surface area contributed by atoms with E-state index in [9.17, 15) is 4.79 Å². The van der Waals surface area contributed by atoms with Crippen LogP contribution in [0.25, 0.3) is 0 Å². The summed E-state index contributed by atoms with van der Waals surface area (Å²) in [5.41, 5.74) is 2.13. The van der Waals surface area contributed by atoms with E-state index in [-0.39, 0.29) is 12.5 Å².